The summed E-state index contributed by atoms with van der Waals surface area (Å²) < 4.78 is 15.6. The normalized spacial score (nSPS) is 49.5. The first-order chi connectivity index (χ1) is 9.49. The van der Waals surface area contributed by atoms with E-state index in [1.165, 1.54) is 0 Å². The van der Waals surface area contributed by atoms with E-state index in [2.05, 4.69) is 0 Å². The van der Waals surface area contributed by atoms with E-state index in [-0.39, 0.29) is 6.61 Å². The lowest BCUT2D eigenvalue weighted by atomic mass is 10.0. The van der Waals surface area contributed by atoms with Crippen molar-refractivity contribution in [3.05, 3.63) is 0 Å². The first kappa shape index (κ1) is 16.0. The Morgan fingerprint density at radius 2 is 1.55 bits per heavy atom. The molecule has 0 bridgehead atoms. The van der Waals surface area contributed by atoms with E-state index >= 15 is 0 Å². The topological polar surface area (TPSA) is 149 Å². The minimum Gasteiger partial charge on any atom is -0.394 e. The molecule has 0 amide bonds. The van der Waals surface area contributed by atoms with Crippen molar-refractivity contribution in [2.75, 3.05) is 19.8 Å². The third kappa shape index (κ3) is 2.96. The van der Waals surface area contributed by atoms with E-state index in [9.17, 15) is 20.4 Å². The van der Waals surface area contributed by atoms with Crippen LogP contribution in [0.15, 0.2) is 0 Å². The van der Waals surface area contributed by atoms with Gasteiger partial charge in [0.1, 0.15) is 42.7 Å². The van der Waals surface area contributed by atoms with Gasteiger partial charge < -0.3 is 44.8 Å². The lowest BCUT2D eigenvalue weighted by Crippen LogP contribution is -2.56. The highest BCUT2D eigenvalue weighted by Gasteiger charge is 2.48. The number of rotatable bonds is 4. The summed E-state index contributed by atoms with van der Waals surface area (Å²) in [7, 11) is 0. The second-order valence-electron chi connectivity index (χ2n) is 4.92. The third-order valence-corrected chi connectivity index (χ3v) is 3.54. The fraction of sp³-hybridized carbons (Fsp3) is 1.00. The summed E-state index contributed by atoms with van der Waals surface area (Å²) in [4.78, 5) is 0. The van der Waals surface area contributed by atoms with Gasteiger partial charge in [-0.2, -0.15) is 0 Å². The lowest BCUT2D eigenvalue weighted by molar-refractivity contribution is -0.291. The van der Waals surface area contributed by atoms with Crippen LogP contribution in [0.2, 0.25) is 0 Å². The van der Waals surface area contributed by atoms with Crippen LogP contribution in [0.4, 0.5) is 0 Å². The number of aliphatic hydroxyl groups excluding tert-OH is 6. The number of hydrogen-bond donors (Lipinski definition) is 6. The zero-order chi connectivity index (χ0) is 14.9. The first-order valence-electron chi connectivity index (χ1n) is 6.36. The molecule has 2 aliphatic rings. The molecule has 8 atom stereocenters. The average molecular weight is 296 g/mol. The molecule has 0 saturated carbocycles. The van der Waals surface area contributed by atoms with Gasteiger partial charge in [0.05, 0.1) is 19.8 Å². The molecule has 0 aromatic heterocycles. The molecule has 9 nitrogen and oxygen atoms in total. The summed E-state index contributed by atoms with van der Waals surface area (Å²) in [5.74, 6) is 0. The summed E-state index contributed by atoms with van der Waals surface area (Å²) >= 11 is 0. The zero-order valence-corrected chi connectivity index (χ0v) is 10.6. The van der Waals surface area contributed by atoms with Gasteiger partial charge >= 0.3 is 0 Å². The lowest BCUT2D eigenvalue weighted by Gasteiger charge is -2.37. The molecule has 0 unspecified atom stereocenters. The van der Waals surface area contributed by atoms with Gasteiger partial charge in [-0.15, -0.1) is 0 Å². The first-order valence-corrected chi connectivity index (χ1v) is 6.36. The van der Waals surface area contributed by atoms with Gasteiger partial charge in [-0.25, -0.2) is 0 Å². The number of aliphatic hydroxyl groups is 6. The number of ether oxygens (including phenoxy) is 3. The van der Waals surface area contributed by atoms with Crippen molar-refractivity contribution in [2.45, 2.75) is 49.0 Å². The Hall–Kier alpha value is -0.360. The molecule has 2 rings (SSSR count). The summed E-state index contributed by atoms with van der Waals surface area (Å²) in [5.41, 5.74) is 0. The predicted octanol–water partition coefficient (Wildman–Crippen LogP) is -4.08. The van der Waals surface area contributed by atoms with Crippen molar-refractivity contribution < 1.29 is 44.8 Å². The summed E-state index contributed by atoms with van der Waals surface area (Å²) in [6.45, 7) is -1.14. The Morgan fingerprint density at radius 3 is 2.15 bits per heavy atom. The molecule has 2 aliphatic heterocycles. The highest BCUT2D eigenvalue weighted by Crippen LogP contribution is 2.27. The maximum Gasteiger partial charge on any atom is 0.186 e. The standard InChI is InChI=1S/C11H20O9/c12-1-5-8(16)10(6(2-13)19-5)20-11-9(17)7(15)4(14)3-18-11/h4-17H,1-3H2/t4-,5-,6-,7-,8-,9+,10-,11-/m1/s1. The van der Waals surface area contributed by atoms with Crippen molar-refractivity contribution in [1.29, 1.82) is 0 Å². The smallest absolute Gasteiger partial charge is 0.186 e. The van der Waals surface area contributed by atoms with E-state index in [0.717, 1.165) is 0 Å². The quantitative estimate of drug-likeness (QED) is 0.304. The third-order valence-electron chi connectivity index (χ3n) is 3.54. The molecular formula is C11H20O9. The maximum atomic E-state index is 9.91. The monoisotopic (exact) mass is 296 g/mol. The molecule has 9 heteroatoms. The molecule has 0 aromatic rings. The molecule has 20 heavy (non-hydrogen) atoms. The zero-order valence-electron chi connectivity index (χ0n) is 10.6. The second-order valence-corrected chi connectivity index (χ2v) is 4.92. The predicted molar refractivity (Wildman–Crippen MR) is 61.5 cm³/mol. The Morgan fingerprint density at radius 1 is 0.900 bits per heavy atom. The summed E-state index contributed by atoms with van der Waals surface area (Å²) in [5, 5.41) is 56.7. The van der Waals surface area contributed by atoms with E-state index in [4.69, 9.17) is 24.4 Å². The van der Waals surface area contributed by atoms with Crippen molar-refractivity contribution in [1.82, 2.24) is 0 Å². The van der Waals surface area contributed by atoms with Gasteiger partial charge in [-0.05, 0) is 0 Å². The molecule has 0 aromatic carbocycles. The molecule has 118 valence electrons. The van der Waals surface area contributed by atoms with Gasteiger partial charge in [0.2, 0.25) is 0 Å². The van der Waals surface area contributed by atoms with Crippen LogP contribution in [0, 0.1) is 0 Å². The van der Waals surface area contributed by atoms with E-state index < -0.39 is 62.2 Å². The van der Waals surface area contributed by atoms with Crippen molar-refractivity contribution >= 4 is 0 Å². The molecule has 2 fully saturated rings. The average Bonchev–Trinajstić information content (AvgIpc) is 2.75. The van der Waals surface area contributed by atoms with Gasteiger partial charge in [0.25, 0.3) is 0 Å². The molecule has 6 N–H and O–H groups in total. The number of hydrogen-bond acceptors (Lipinski definition) is 9. The van der Waals surface area contributed by atoms with Gasteiger partial charge in [-0.3, -0.25) is 0 Å². The highest BCUT2D eigenvalue weighted by atomic mass is 16.7. The molecule has 2 saturated heterocycles. The van der Waals surface area contributed by atoms with Gasteiger partial charge in [0, 0.05) is 0 Å². The van der Waals surface area contributed by atoms with Crippen molar-refractivity contribution in [3.63, 3.8) is 0 Å². The summed E-state index contributed by atoms with van der Waals surface area (Å²) in [6, 6.07) is 0. The van der Waals surface area contributed by atoms with E-state index in [0.29, 0.717) is 0 Å². The van der Waals surface area contributed by atoms with E-state index in [1.807, 2.05) is 0 Å². The van der Waals surface area contributed by atoms with E-state index in [1.54, 1.807) is 0 Å². The second kappa shape index (κ2) is 6.60. The Kier molecular flexibility index (Phi) is 5.29. The Balaban J connectivity index is 2.01. The molecule has 0 radical (unpaired) electrons. The van der Waals surface area contributed by atoms with Crippen molar-refractivity contribution in [3.8, 4) is 0 Å². The molecule has 0 spiro atoms. The van der Waals surface area contributed by atoms with Crippen LogP contribution in [-0.4, -0.2) is 99.5 Å². The Bertz CT molecular complexity index is 312. The van der Waals surface area contributed by atoms with Crippen LogP contribution in [0.1, 0.15) is 0 Å². The minimum atomic E-state index is -1.50. The largest absolute Gasteiger partial charge is 0.394 e. The van der Waals surface area contributed by atoms with Crippen molar-refractivity contribution in [2.24, 2.45) is 0 Å². The van der Waals surface area contributed by atoms with Crippen LogP contribution >= 0.6 is 0 Å². The van der Waals surface area contributed by atoms with Crippen LogP contribution in [0.3, 0.4) is 0 Å². The van der Waals surface area contributed by atoms with Crippen LogP contribution in [-0.2, 0) is 14.2 Å². The fourth-order valence-electron chi connectivity index (χ4n) is 2.33. The van der Waals surface area contributed by atoms with Gasteiger partial charge in [-0.1, -0.05) is 0 Å². The van der Waals surface area contributed by atoms with Crippen LogP contribution in [0.5, 0.6) is 0 Å². The van der Waals surface area contributed by atoms with Gasteiger partial charge in [0.15, 0.2) is 6.29 Å². The fourth-order valence-corrected chi connectivity index (χ4v) is 2.33. The molecular weight excluding hydrogens is 276 g/mol. The van der Waals surface area contributed by atoms with Crippen LogP contribution < -0.4 is 0 Å². The Labute approximate surface area is 114 Å². The SMILES string of the molecule is OC[C@H]1O[C@H](CO)[C@@H](O[C@H]2OC[C@@H](O)[C@@H](O)[C@@H]2O)[C@@H]1O. The minimum absolute atomic E-state index is 0.236. The summed E-state index contributed by atoms with van der Waals surface area (Å²) in [6.07, 6.45) is -9.48. The maximum absolute atomic E-state index is 9.91. The molecule has 2 heterocycles. The van der Waals surface area contributed by atoms with Crippen LogP contribution in [0.25, 0.3) is 0 Å². The highest BCUT2D eigenvalue weighted by molar-refractivity contribution is 4.93. The molecule has 0 aliphatic carbocycles.